The fourth-order valence-corrected chi connectivity index (χ4v) is 3.57. The predicted molar refractivity (Wildman–Crippen MR) is 89.7 cm³/mol. The number of nitrogens with zero attached hydrogens (tertiary/aromatic N) is 1. The molecule has 0 spiro atoms. The number of nitrogens with one attached hydrogen (secondary N) is 2. The van der Waals surface area contributed by atoms with Crippen LogP contribution in [0.2, 0.25) is 0 Å². The molecule has 0 aliphatic heterocycles. The second-order valence-electron chi connectivity index (χ2n) is 4.86. The zero-order chi connectivity index (χ0) is 17.7. The fraction of sp³-hybridized carbons (Fsp3) is 0.214. The van der Waals surface area contributed by atoms with Crippen molar-refractivity contribution < 1.29 is 18.1 Å². The molecular weight excluding hydrogens is 354 g/mol. The zero-order valence-electron chi connectivity index (χ0n) is 12.7. The predicted octanol–water partition coefficient (Wildman–Crippen LogP) is 1.67. The smallest absolute Gasteiger partial charge is 0.324 e. The number of aryl methyl sites for hydroxylation is 1. The molecular formula is C14H15N3O5S2. The van der Waals surface area contributed by atoms with Gasteiger partial charge >= 0.3 is 5.00 Å². The van der Waals surface area contributed by atoms with Gasteiger partial charge in [0.2, 0.25) is 10.0 Å². The fourth-order valence-electron chi connectivity index (χ4n) is 1.80. The normalized spacial score (nSPS) is 11.2. The van der Waals surface area contributed by atoms with Crippen molar-refractivity contribution in [1.29, 1.82) is 0 Å². The molecule has 1 amide bonds. The Morgan fingerprint density at radius 1 is 1.17 bits per heavy atom. The second kappa shape index (κ2) is 7.51. The van der Waals surface area contributed by atoms with Crippen molar-refractivity contribution in [2.24, 2.45) is 0 Å². The zero-order valence-corrected chi connectivity index (χ0v) is 14.3. The average Bonchev–Trinajstić information content (AvgIpc) is 3.02. The summed E-state index contributed by atoms with van der Waals surface area (Å²) in [6.45, 7) is 1.93. The number of rotatable bonds is 7. The number of carbonyl (C=O) groups excluding carboxylic acids is 1. The van der Waals surface area contributed by atoms with Crippen molar-refractivity contribution >= 4 is 32.3 Å². The molecule has 10 heteroatoms. The van der Waals surface area contributed by atoms with Crippen LogP contribution in [0.3, 0.4) is 0 Å². The van der Waals surface area contributed by atoms with Crippen molar-refractivity contribution in [1.82, 2.24) is 10.0 Å². The lowest BCUT2D eigenvalue weighted by Gasteiger charge is -2.07. The van der Waals surface area contributed by atoms with Crippen LogP contribution >= 0.6 is 11.3 Å². The molecule has 0 aliphatic rings. The number of sulfonamides is 1. The molecule has 0 radical (unpaired) electrons. The molecule has 1 aromatic heterocycles. The Labute approximate surface area is 142 Å². The molecule has 1 aromatic carbocycles. The molecule has 2 aromatic rings. The van der Waals surface area contributed by atoms with Gasteiger partial charge in [0.25, 0.3) is 5.91 Å². The summed E-state index contributed by atoms with van der Waals surface area (Å²) in [5.74, 6) is -0.484. The van der Waals surface area contributed by atoms with Crippen molar-refractivity contribution in [2.45, 2.75) is 11.8 Å². The number of carbonyl (C=O) groups is 1. The first-order valence-corrected chi connectivity index (χ1v) is 9.18. The van der Waals surface area contributed by atoms with Gasteiger partial charge < -0.3 is 5.32 Å². The maximum Gasteiger partial charge on any atom is 0.324 e. The first-order chi connectivity index (χ1) is 11.3. The molecule has 2 rings (SSSR count). The molecule has 128 valence electrons. The van der Waals surface area contributed by atoms with Crippen LogP contribution in [0.1, 0.15) is 15.2 Å². The standard InChI is InChI=1S/C14H15N3O5S2/c1-10-2-4-11(5-3-10)24(21,22)16-9-8-15-14(18)12-6-7-13(23-12)17(19)20/h2-7,16H,8-9H2,1H3,(H,15,18). The van der Waals surface area contributed by atoms with Gasteiger partial charge in [-0.05, 0) is 25.1 Å². The van der Waals surface area contributed by atoms with E-state index in [1.54, 1.807) is 12.1 Å². The lowest BCUT2D eigenvalue weighted by Crippen LogP contribution is -2.34. The van der Waals surface area contributed by atoms with Crippen LogP contribution in [0.25, 0.3) is 0 Å². The molecule has 0 bridgehead atoms. The van der Waals surface area contributed by atoms with E-state index in [2.05, 4.69) is 10.0 Å². The minimum absolute atomic E-state index is 0.00934. The Morgan fingerprint density at radius 3 is 2.42 bits per heavy atom. The Balaban J connectivity index is 1.84. The average molecular weight is 369 g/mol. The van der Waals surface area contributed by atoms with Crippen LogP contribution in [0.5, 0.6) is 0 Å². The highest BCUT2D eigenvalue weighted by Crippen LogP contribution is 2.23. The van der Waals surface area contributed by atoms with E-state index in [-0.39, 0.29) is 27.9 Å². The van der Waals surface area contributed by atoms with Gasteiger partial charge in [-0.25, -0.2) is 13.1 Å². The Bertz CT molecular complexity index is 844. The SMILES string of the molecule is Cc1ccc(S(=O)(=O)NCCNC(=O)c2ccc([N+](=O)[O-])s2)cc1. The largest absolute Gasteiger partial charge is 0.350 e. The molecule has 0 saturated heterocycles. The van der Waals surface area contributed by atoms with Gasteiger partial charge in [0.05, 0.1) is 14.7 Å². The molecule has 0 aliphatic carbocycles. The van der Waals surface area contributed by atoms with Gasteiger partial charge in [0, 0.05) is 19.2 Å². The van der Waals surface area contributed by atoms with E-state index < -0.39 is 20.9 Å². The molecule has 1 heterocycles. The van der Waals surface area contributed by atoms with Crippen LogP contribution in [0.4, 0.5) is 5.00 Å². The highest BCUT2D eigenvalue weighted by Gasteiger charge is 2.16. The highest BCUT2D eigenvalue weighted by atomic mass is 32.2. The molecule has 0 unspecified atom stereocenters. The number of nitro groups is 1. The molecule has 24 heavy (non-hydrogen) atoms. The third-order valence-corrected chi connectivity index (χ3v) is 5.54. The van der Waals surface area contributed by atoms with Crippen molar-refractivity contribution in [3.8, 4) is 0 Å². The van der Waals surface area contributed by atoms with Crippen LogP contribution < -0.4 is 10.0 Å². The minimum Gasteiger partial charge on any atom is -0.350 e. The third-order valence-electron chi connectivity index (χ3n) is 3.03. The van der Waals surface area contributed by atoms with Gasteiger partial charge in [-0.3, -0.25) is 14.9 Å². The minimum atomic E-state index is -3.63. The summed E-state index contributed by atoms with van der Waals surface area (Å²) in [7, 11) is -3.63. The molecule has 0 fully saturated rings. The summed E-state index contributed by atoms with van der Waals surface area (Å²) < 4.78 is 26.5. The van der Waals surface area contributed by atoms with Gasteiger partial charge in [-0.2, -0.15) is 0 Å². The number of thiophene rings is 1. The van der Waals surface area contributed by atoms with E-state index in [1.807, 2.05) is 6.92 Å². The van der Waals surface area contributed by atoms with Crippen LogP contribution in [0.15, 0.2) is 41.3 Å². The van der Waals surface area contributed by atoms with Crippen molar-refractivity contribution in [3.63, 3.8) is 0 Å². The molecule has 0 saturated carbocycles. The van der Waals surface area contributed by atoms with E-state index in [0.29, 0.717) is 0 Å². The van der Waals surface area contributed by atoms with Crippen molar-refractivity contribution in [3.05, 3.63) is 57.0 Å². The Hall–Kier alpha value is -2.30. The molecule has 0 atom stereocenters. The van der Waals surface area contributed by atoms with E-state index in [4.69, 9.17) is 0 Å². The quantitative estimate of drug-likeness (QED) is 0.437. The number of hydrogen-bond acceptors (Lipinski definition) is 6. The van der Waals surface area contributed by atoms with Gasteiger partial charge in [-0.15, -0.1) is 0 Å². The van der Waals surface area contributed by atoms with E-state index in [1.165, 1.54) is 24.3 Å². The van der Waals surface area contributed by atoms with Gasteiger partial charge in [-0.1, -0.05) is 29.0 Å². The topological polar surface area (TPSA) is 118 Å². The Kier molecular flexibility index (Phi) is 5.65. The molecule has 8 nitrogen and oxygen atoms in total. The first-order valence-electron chi connectivity index (χ1n) is 6.88. The summed E-state index contributed by atoms with van der Waals surface area (Å²) in [6.07, 6.45) is 0. The maximum absolute atomic E-state index is 12.0. The van der Waals surface area contributed by atoms with Crippen LogP contribution in [-0.2, 0) is 10.0 Å². The number of amides is 1. The van der Waals surface area contributed by atoms with Crippen molar-refractivity contribution in [2.75, 3.05) is 13.1 Å². The monoisotopic (exact) mass is 369 g/mol. The third kappa shape index (κ3) is 4.60. The highest BCUT2D eigenvalue weighted by molar-refractivity contribution is 7.89. The molecule has 2 N–H and O–H groups in total. The van der Waals surface area contributed by atoms with E-state index in [0.717, 1.165) is 16.9 Å². The summed E-state index contributed by atoms with van der Waals surface area (Å²) >= 11 is 0.761. The maximum atomic E-state index is 12.0. The van der Waals surface area contributed by atoms with E-state index >= 15 is 0 Å². The van der Waals surface area contributed by atoms with Crippen LogP contribution in [-0.4, -0.2) is 32.3 Å². The number of hydrogen-bond donors (Lipinski definition) is 2. The summed E-state index contributed by atoms with van der Waals surface area (Å²) in [5.41, 5.74) is 0.950. The second-order valence-corrected chi connectivity index (χ2v) is 7.69. The van der Waals surface area contributed by atoms with E-state index in [9.17, 15) is 23.3 Å². The summed E-state index contributed by atoms with van der Waals surface area (Å²) in [6, 6.07) is 9.00. The summed E-state index contributed by atoms with van der Waals surface area (Å²) in [4.78, 5) is 22.2. The van der Waals surface area contributed by atoms with Crippen LogP contribution in [0, 0.1) is 17.0 Å². The first kappa shape index (κ1) is 18.0. The summed E-state index contributed by atoms with van der Waals surface area (Å²) in [5, 5.41) is 13.0. The van der Waals surface area contributed by atoms with Gasteiger partial charge in [0.15, 0.2) is 0 Å². The van der Waals surface area contributed by atoms with Gasteiger partial charge in [0.1, 0.15) is 0 Å². The lowest BCUT2D eigenvalue weighted by molar-refractivity contribution is -0.380. The number of benzene rings is 1. The lowest BCUT2D eigenvalue weighted by atomic mass is 10.2. The Morgan fingerprint density at radius 2 is 1.83 bits per heavy atom.